The first kappa shape index (κ1) is 21.6. The molecule has 0 bridgehead atoms. The van der Waals surface area contributed by atoms with Gasteiger partial charge >= 0.3 is 0 Å². The van der Waals surface area contributed by atoms with Crippen molar-refractivity contribution in [2.24, 2.45) is 0 Å². The topological polar surface area (TPSA) is 67.2 Å². The van der Waals surface area contributed by atoms with Crippen LogP contribution in [-0.2, 0) is 17.9 Å². The van der Waals surface area contributed by atoms with Gasteiger partial charge in [-0.15, -0.1) is 0 Å². The summed E-state index contributed by atoms with van der Waals surface area (Å²) in [6.45, 7) is 2.98. The Kier molecular flexibility index (Phi) is 5.95. The van der Waals surface area contributed by atoms with Gasteiger partial charge in [-0.2, -0.15) is 5.10 Å². The van der Waals surface area contributed by atoms with Gasteiger partial charge in [0.1, 0.15) is 5.82 Å². The normalized spacial score (nSPS) is 13.9. The lowest BCUT2D eigenvalue weighted by Gasteiger charge is -2.27. The molecule has 0 spiro atoms. The van der Waals surface area contributed by atoms with Gasteiger partial charge in [-0.3, -0.25) is 14.5 Å². The molecule has 0 saturated carbocycles. The molecule has 6 nitrogen and oxygen atoms in total. The van der Waals surface area contributed by atoms with E-state index in [-0.39, 0.29) is 17.9 Å². The van der Waals surface area contributed by atoms with Crippen LogP contribution in [0, 0.1) is 0 Å². The van der Waals surface area contributed by atoms with Crippen molar-refractivity contribution in [1.82, 2.24) is 15.1 Å². The highest BCUT2D eigenvalue weighted by atomic mass is 16.2. The number of nitrogens with zero attached hydrogens (tertiary/aromatic N) is 3. The van der Waals surface area contributed by atoms with Crippen LogP contribution in [0.4, 0.5) is 5.82 Å². The number of hydrogen-bond donors (Lipinski definition) is 1. The maximum atomic E-state index is 12.8. The first-order valence-corrected chi connectivity index (χ1v) is 11.5. The molecule has 0 unspecified atom stereocenters. The second-order valence-corrected chi connectivity index (χ2v) is 8.51. The van der Waals surface area contributed by atoms with Crippen molar-refractivity contribution in [2.45, 2.75) is 32.5 Å². The fraction of sp³-hybridized carbons (Fsp3) is 0.179. The maximum Gasteiger partial charge on any atom is 0.251 e. The van der Waals surface area contributed by atoms with Crippen LogP contribution in [0.5, 0.6) is 0 Å². The van der Waals surface area contributed by atoms with Crippen LogP contribution in [0.1, 0.15) is 40.9 Å². The summed E-state index contributed by atoms with van der Waals surface area (Å²) in [5.74, 6) is 0.752. The van der Waals surface area contributed by atoms with Crippen LogP contribution < -0.4 is 10.2 Å². The number of aromatic nitrogens is 2. The molecule has 2 amide bonds. The standard InChI is InChI=1S/C28H26N4O2/c1-20(22-8-4-2-5-9-22)29-28(34)24-14-12-21(13-15-24)19-31-26-18-25(23-10-6-3-7-11-23)30-32(26)17-16-27(31)33/h2-15,18,20H,16-17,19H2,1H3,(H,29,34)/t20-/m1/s1. The number of hydrogen-bond acceptors (Lipinski definition) is 3. The number of aryl methyl sites for hydroxylation is 1. The summed E-state index contributed by atoms with van der Waals surface area (Å²) in [5.41, 5.74) is 4.49. The SMILES string of the molecule is C[C@@H](NC(=O)c1ccc(CN2C(=O)CCn3nc(-c4ccccc4)cc32)cc1)c1ccccc1. The van der Waals surface area contributed by atoms with Crippen molar-refractivity contribution in [3.05, 3.63) is 108 Å². The van der Waals surface area contributed by atoms with Gasteiger partial charge in [-0.05, 0) is 30.2 Å². The average molecular weight is 451 g/mol. The van der Waals surface area contributed by atoms with Gasteiger partial charge in [0.05, 0.1) is 24.8 Å². The van der Waals surface area contributed by atoms with E-state index in [2.05, 4.69) is 5.32 Å². The van der Waals surface area contributed by atoms with Crippen LogP contribution in [0.25, 0.3) is 11.3 Å². The lowest BCUT2D eigenvalue weighted by atomic mass is 10.1. The minimum Gasteiger partial charge on any atom is -0.346 e. The van der Waals surface area contributed by atoms with E-state index in [0.717, 1.165) is 28.2 Å². The molecule has 0 aliphatic carbocycles. The van der Waals surface area contributed by atoms with E-state index in [0.29, 0.717) is 25.1 Å². The quantitative estimate of drug-likeness (QED) is 0.451. The smallest absolute Gasteiger partial charge is 0.251 e. The largest absolute Gasteiger partial charge is 0.346 e. The molecule has 1 N–H and O–H groups in total. The number of benzene rings is 3. The fourth-order valence-electron chi connectivity index (χ4n) is 4.22. The van der Waals surface area contributed by atoms with Crippen molar-refractivity contribution in [3.8, 4) is 11.3 Å². The Bertz CT molecular complexity index is 1300. The van der Waals surface area contributed by atoms with E-state index in [4.69, 9.17) is 5.10 Å². The highest BCUT2D eigenvalue weighted by Gasteiger charge is 2.26. The lowest BCUT2D eigenvalue weighted by molar-refractivity contribution is -0.119. The second-order valence-electron chi connectivity index (χ2n) is 8.51. The third-order valence-electron chi connectivity index (χ3n) is 6.15. The molecule has 2 heterocycles. The van der Waals surface area contributed by atoms with E-state index >= 15 is 0 Å². The molecular weight excluding hydrogens is 424 g/mol. The predicted molar refractivity (Wildman–Crippen MR) is 132 cm³/mol. The molecule has 170 valence electrons. The minimum atomic E-state index is -0.123. The highest BCUT2D eigenvalue weighted by Crippen LogP contribution is 2.29. The molecule has 4 aromatic rings. The summed E-state index contributed by atoms with van der Waals surface area (Å²) in [5, 5.41) is 7.74. The lowest BCUT2D eigenvalue weighted by Crippen LogP contribution is -2.36. The van der Waals surface area contributed by atoms with Gasteiger partial charge in [0.25, 0.3) is 5.91 Å². The molecule has 1 aliphatic heterocycles. The zero-order valence-corrected chi connectivity index (χ0v) is 19.0. The molecule has 1 aliphatic rings. The fourth-order valence-corrected chi connectivity index (χ4v) is 4.22. The monoisotopic (exact) mass is 450 g/mol. The number of nitrogens with one attached hydrogen (secondary N) is 1. The molecule has 0 radical (unpaired) electrons. The van der Waals surface area contributed by atoms with Crippen molar-refractivity contribution >= 4 is 17.6 Å². The minimum absolute atomic E-state index is 0.0746. The number of rotatable bonds is 6. The van der Waals surface area contributed by atoms with Gasteiger partial charge in [-0.25, -0.2) is 4.68 Å². The first-order chi connectivity index (χ1) is 16.6. The van der Waals surface area contributed by atoms with Gasteiger partial charge in [0, 0.05) is 23.6 Å². The molecule has 0 fully saturated rings. The molecule has 0 saturated heterocycles. The van der Waals surface area contributed by atoms with Crippen LogP contribution in [0.15, 0.2) is 91.0 Å². The number of anilines is 1. The predicted octanol–water partition coefficient (Wildman–Crippen LogP) is 4.98. The van der Waals surface area contributed by atoms with E-state index in [9.17, 15) is 9.59 Å². The number of fused-ring (bicyclic) bond motifs is 1. The van der Waals surface area contributed by atoms with Gasteiger partial charge in [0.15, 0.2) is 0 Å². The molecule has 34 heavy (non-hydrogen) atoms. The van der Waals surface area contributed by atoms with Gasteiger partial charge in [-0.1, -0.05) is 72.8 Å². The molecule has 1 atom stereocenters. The van der Waals surface area contributed by atoms with Crippen molar-refractivity contribution in [3.63, 3.8) is 0 Å². The summed E-state index contributed by atoms with van der Waals surface area (Å²) in [7, 11) is 0. The van der Waals surface area contributed by atoms with E-state index in [1.54, 1.807) is 4.90 Å². The summed E-state index contributed by atoms with van der Waals surface area (Å²) >= 11 is 0. The summed E-state index contributed by atoms with van der Waals surface area (Å²) in [6.07, 6.45) is 0.417. The maximum absolute atomic E-state index is 12.8. The Labute approximate surface area is 198 Å². The van der Waals surface area contributed by atoms with Crippen LogP contribution in [0.3, 0.4) is 0 Å². The summed E-state index contributed by atoms with van der Waals surface area (Å²) < 4.78 is 1.90. The Hall–Kier alpha value is -4.19. The van der Waals surface area contributed by atoms with Crippen molar-refractivity contribution in [1.29, 1.82) is 0 Å². The van der Waals surface area contributed by atoms with Crippen LogP contribution in [0.2, 0.25) is 0 Å². The number of carbonyl (C=O) groups excluding carboxylic acids is 2. The van der Waals surface area contributed by atoms with Crippen molar-refractivity contribution < 1.29 is 9.59 Å². The van der Waals surface area contributed by atoms with Crippen LogP contribution in [-0.4, -0.2) is 21.6 Å². The Morgan fingerprint density at radius 1 is 0.971 bits per heavy atom. The zero-order valence-electron chi connectivity index (χ0n) is 19.0. The average Bonchev–Trinajstić information content (AvgIpc) is 3.32. The number of amides is 2. The molecule has 1 aromatic heterocycles. The number of carbonyl (C=O) groups is 2. The molecular formula is C28H26N4O2. The second kappa shape index (κ2) is 9.35. The third kappa shape index (κ3) is 4.48. The van der Waals surface area contributed by atoms with Gasteiger partial charge in [0.2, 0.25) is 5.91 Å². The van der Waals surface area contributed by atoms with Gasteiger partial charge < -0.3 is 5.32 Å². The van der Waals surface area contributed by atoms with Crippen molar-refractivity contribution in [2.75, 3.05) is 4.90 Å². The molecule has 6 heteroatoms. The Morgan fingerprint density at radius 3 is 2.35 bits per heavy atom. The Balaban J connectivity index is 1.30. The van der Waals surface area contributed by atoms with E-state index < -0.39 is 0 Å². The third-order valence-corrected chi connectivity index (χ3v) is 6.15. The Morgan fingerprint density at radius 2 is 1.65 bits per heavy atom. The summed E-state index contributed by atoms with van der Waals surface area (Å²) in [6, 6.07) is 29.2. The molecule has 3 aromatic carbocycles. The first-order valence-electron chi connectivity index (χ1n) is 11.5. The highest BCUT2D eigenvalue weighted by molar-refractivity contribution is 5.95. The molecule has 5 rings (SSSR count). The van der Waals surface area contributed by atoms with E-state index in [1.807, 2.05) is 103 Å². The summed E-state index contributed by atoms with van der Waals surface area (Å²) in [4.78, 5) is 27.2. The van der Waals surface area contributed by atoms with E-state index in [1.165, 1.54) is 0 Å². The van der Waals surface area contributed by atoms with Crippen LogP contribution >= 0.6 is 0 Å². The zero-order chi connectivity index (χ0) is 23.5.